The molecule has 1 aliphatic rings. The van der Waals surface area contributed by atoms with Crippen LogP contribution in [0.3, 0.4) is 0 Å². The predicted octanol–water partition coefficient (Wildman–Crippen LogP) is 3.09. The number of rotatable bonds is 5. The van der Waals surface area contributed by atoms with E-state index in [-0.39, 0.29) is 24.6 Å². The van der Waals surface area contributed by atoms with Gasteiger partial charge in [-0.2, -0.15) is 0 Å². The largest absolute Gasteiger partial charge is 0.377 e. The molecule has 0 spiro atoms. The third-order valence-electron chi connectivity index (χ3n) is 3.33. The van der Waals surface area contributed by atoms with Gasteiger partial charge in [-0.1, -0.05) is 29.3 Å². The Labute approximate surface area is 128 Å². The SMILES string of the molecule is CC(NCC(=O)Nc1c(Cl)cccc1Cl)C1CCCO1. The summed E-state index contributed by atoms with van der Waals surface area (Å²) < 4.78 is 5.57. The lowest BCUT2D eigenvalue weighted by molar-refractivity contribution is -0.115. The van der Waals surface area contributed by atoms with Crippen LogP contribution in [-0.4, -0.2) is 31.2 Å². The van der Waals surface area contributed by atoms with Crippen molar-refractivity contribution in [2.45, 2.75) is 31.9 Å². The Balaban J connectivity index is 1.83. The molecule has 2 rings (SSSR count). The fraction of sp³-hybridized carbons (Fsp3) is 0.500. The molecule has 2 unspecified atom stereocenters. The summed E-state index contributed by atoms with van der Waals surface area (Å²) in [6.45, 7) is 3.02. The molecule has 1 aliphatic heterocycles. The minimum Gasteiger partial charge on any atom is -0.377 e. The second-order valence-electron chi connectivity index (χ2n) is 4.87. The molecule has 4 nitrogen and oxygen atoms in total. The van der Waals surface area contributed by atoms with E-state index in [4.69, 9.17) is 27.9 Å². The molecule has 0 radical (unpaired) electrons. The first kappa shape index (κ1) is 15.6. The second-order valence-corrected chi connectivity index (χ2v) is 5.68. The van der Waals surface area contributed by atoms with Gasteiger partial charge in [0, 0.05) is 12.6 Å². The lowest BCUT2D eigenvalue weighted by Crippen LogP contribution is -2.41. The van der Waals surface area contributed by atoms with Gasteiger partial charge in [-0.25, -0.2) is 0 Å². The van der Waals surface area contributed by atoms with E-state index in [1.807, 2.05) is 6.92 Å². The van der Waals surface area contributed by atoms with Crippen LogP contribution in [0.15, 0.2) is 18.2 Å². The number of carbonyl (C=O) groups excluding carboxylic acids is 1. The fourth-order valence-corrected chi connectivity index (χ4v) is 2.67. The number of anilines is 1. The van der Waals surface area contributed by atoms with Crippen molar-refractivity contribution in [3.8, 4) is 0 Å². The molecule has 1 fully saturated rings. The summed E-state index contributed by atoms with van der Waals surface area (Å²) in [5, 5.41) is 6.74. The van der Waals surface area contributed by atoms with Gasteiger partial charge in [0.2, 0.25) is 5.91 Å². The van der Waals surface area contributed by atoms with E-state index in [1.54, 1.807) is 18.2 Å². The van der Waals surface area contributed by atoms with Crippen molar-refractivity contribution in [3.05, 3.63) is 28.2 Å². The summed E-state index contributed by atoms with van der Waals surface area (Å²) in [5.74, 6) is -0.176. The minimum absolute atomic E-state index is 0.143. The Morgan fingerprint density at radius 2 is 2.15 bits per heavy atom. The number of benzene rings is 1. The van der Waals surface area contributed by atoms with Crippen molar-refractivity contribution in [1.82, 2.24) is 5.32 Å². The third-order valence-corrected chi connectivity index (χ3v) is 3.96. The zero-order valence-electron chi connectivity index (χ0n) is 11.3. The number of ether oxygens (including phenoxy) is 1. The van der Waals surface area contributed by atoms with E-state index < -0.39 is 0 Å². The molecule has 0 aromatic heterocycles. The average Bonchev–Trinajstić information content (AvgIpc) is 2.94. The summed E-state index contributed by atoms with van der Waals surface area (Å²) in [7, 11) is 0. The number of amides is 1. The number of hydrogen-bond acceptors (Lipinski definition) is 3. The van der Waals surface area contributed by atoms with E-state index in [9.17, 15) is 4.79 Å². The van der Waals surface area contributed by atoms with Crippen molar-refractivity contribution in [2.75, 3.05) is 18.5 Å². The first-order chi connectivity index (χ1) is 9.58. The predicted molar refractivity (Wildman–Crippen MR) is 81.5 cm³/mol. The van der Waals surface area contributed by atoms with Gasteiger partial charge >= 0.3 is 0 Å². The molecule has 1 saturated heterocycles. The Hall–Kier alpha value is -0.810. The van der Waals surface area contributed by atoms with Crippen molar-refractivity contribution in [2.24, 2.45) is 0 Å². The number of hydrogen-bond donors (Lipinski definition) is 2. The van der Waals surface area contributed by atoms with E-state index in [1.165, 1.54) is 0 Å². The molecule has 0 aliphatic carbocycles. The molecule has 0 bridgehead atoms. The van der Waals surface area contributed by atoms with Crippen LogP contribution >= 0.6 is 23.2 Å². The van der Waals surface area contributed by atoms with E-state index in [2.05, 4.69) is 10.6 Å². The van der Waals surface area contributed by atoms with Gasteiger partial charge in [-0.15, -0.1) is 0 Å². The van der Waals surface area contributed by atoms with Crippen LogP contribution in [0.25, 0.3) is 0 Å². The van der Waals surface area contributed by atoms with Crippen molar-refractivity contribution < 1.29 is 9.53 Å². The quantitative estimate of drug-likeness (QED) is 0.877. The summed E-state index contributed by atoms with van der Waals surface area (Å²) in [6, 6.07) is 5.25. The van der Waals surface area contributed by atoms with Crippen LogP contribution in [0.2, 0.25) is 10.0 Å². The Morgan fingerprint density at radius 1 is 1.45 bits per heavy atom. The molecule has 2 atom stereocenters. The molecule has 110 valence electrons. The van der Waals surface area contributed by atoms with Crippen LogP contribution in [0.1, 0.15) is 19.8 Å². The van der Waals surface area contributed by atoms with Gasteiger partial charge in [-0.3, -0.25) is 4.79 Å². The standard InChI is InChI=1S/C14H18Cl2N2O2/c1-9(12-6-3-7-20-12)17-8-13(19)18-14-10(15)4-2-5-11(14)16/h2,4-5,9,12,17H,3,6-8H2,1H3,(H,18,19). The average molecular weight is 317 g/mol. The van der Waals surface area contributed by atoms with Gasteiger partial charge in [0.05, 0.1) is 28.4 Å². The van der Waals surface area contributed by atoms with Crippen molar-refractivity contribution >= 4 is 34.8 Å². The summed E-state index contributed by atoms with van der Waals surface area (Å²) in [6.07, 6.45) is 2.30. The molecule has 0 saturated carbocycles. The number of halogens is 2. The summed E-state index contributed by atoms with van der Waals surface area (Å²) in [4.78, 5) is 11.9. The van der Waals surface area contributed by atoms with Gasteiger partial charge in [-0.05, 0) is 31.9 Å². The van der Waals surface area contributed by atoms with Gasteiger partial charge in [0.1, 0.15) is 0 Å². The topological polar surface area (TPSA) is 50.4 Å². The second kappa shape index (κ2) is 7.27. The van der Waals surface area contributed by atoms with Crippen LogP contribution in [0, 0.1) is 0 Å². The third kappa shape index (κ3) is 4.09. The van der Waals surface area contributed by atoms with Crippen molar-refractivity contribution in [1.29, 1.82) is 0 Å². The first-order valence-electron chi connectivity index (χ1n) is 6.67. The maximum absolute atomic E-state index is 11.9. The molecule has 1 heterocycles. The van der Waals surface area contributed by atoms with Crippen LogP contribution < -0.4 is 10.6 Å². The highest BCUT2D eigenvalue weighted by Gasteiger charge is 2.22. The Morgan fingerprint density at radius 3 is 2.75 bits per heavy atom. The van der Waals surface area contributed by atoms with Crippen LogP contribution in [-0.2, 0) is 9.53 Å². The zero-order valence-corrected chi connectivity index (χ0v) is 12.8. The van der Waals surface area contributed by atoms with E-state index >= 15 is 0 Å². The summed E-state index contributed by atoms with van der Waals surface area (Å²) in [5.41, 5.74) is 0.451. The lowest BCUT2D eigenvalue weighted by Gasteiger charge is -2.19. The first-order valence-corrected chi connectivity index (χ1v) is 7.42. The number of nitrogens with one attached hydrogen (secondary N) is 2. The highest BCUT2D eigenvalue weighted by Crippen LogP contribution is 2.29. The molecule has 6 heteroatoms. The molecule has 1 amide bonds. The van der Waals surface area contributed by atoms with Gasteiger partial charge in [0.25, 0.3) is 0 Å². The van der Waals surface area contributed by atoms with Crippen molar-refractivity contribution in [3.63, 3.8) is 0 Å². The van der Waals surface area contributed by atoms with E-state index in [0.717, 1.165) is 19.4 Å². The van der Waals surface area contributed by atoms with Crippen LogP contribution in [0.4, 0.5) is 5.69 Å². The summed E-state index contributed by atoms with van der Waals surface area (Å²) >= 11 is 12.0. The van der Waals surface area contributed by atoms with Gasteiger partial charge in [0.15, 0.2) is 0 Å². The molecule has 2 N–H and O–H groups in total. The Kier molecular flexibility index (Phi) is 5.66. The number of carbonyl (C=O) groups is 1. The lowest BCUT2D eigenvalue weighted by atomic mass is 10.1. The van der Waals surface area contributed by atoms with Crippen LogP contribution in [0.5, 0.6) is 0 Å². The molecule has 20 heavy (non-hydrogen) atoms. The molecular weight excluding hydrogens is 299 g/mol. The molecule has 1 aromatic rings. The highest BCUT2D eigenvalue weighted by atomic mass is 35.5. The molecule has 1 aromatic carbocycles. The molecular formula is C14H18Cl2N2O2. The number of para-hydroxylation sites is 1. The van der Waals surface area contributed by atoms with E-state index in [0.29, 0.717) is 15.7 Å². The fourth-order valence-electron chi connectivity index (χ4n) is 2.18. The maximum Gasteiger partial charge on any atom is 0.238 e. The smallest absolute Gasteiger partial charge is 0.238 e. The normalized spacial score (nSPS) is 19.9. The highest BCUT2D eigenvalue weighted by molar-refractivity contribution is 6.39. The zero-order chi connectivity index (χ0) is 14.5. The van der Waals surface area contributed by atoms with Gasteiger partial charge < -0.3 is 15.4 Å². The Bertz CT molecular complexity index is 456. The minimum atomic E-state index is -0.176. The monoisotopic (exact) mass is 316 g/mol. The maximum atomic E-state index is 11.9.